The van der Waals surface area contributed by atoms with E-state index >= 15 is 0 Å². The minimum atomic E-state index is -5.22. The quantitative estimate of drug-likeness (QED) is 0.472. The summed E-state index contributed by atoms with van der Waals surface area (Å²) >= 11 is 0. The molecule has 1 unspecified atom stereocenters. The average molecular weight is 253 g/mol. The van der Waals surface area contributed by atoms with Crippen LogP contribution in [0.15, 0.2) is 18.2 Å². The molecular formula is C9H7F4NO3. The fourth-order valence-corrected chi connectivity index (χ4v) is 1.04. The second-order valence-electron chi connectivity index (χ2n) is 3.20. The molecule has 0 radical (unpaired) electrons. The van der Waals surface area contributed by atoms with Crippen molar-refractivity contribution < 1.29 is 27.2 Å². The van der Waals surface area contributed by atoms with E-state index in [1.54, 1.807) is 0 Å². The van der Waals surface area contributed by atoms with E-state index in [9.17, 15) is 27.7 Å². The summed E-state index contributed by atoms with van der Waals surface area (Å²) in [5.74, 6) is -0.750. The van der Waals surface area contributed by atoms with Crippen molar-refractivity contribution in [3.63, 3.8) is 0 Å². The van der Waals surface area contributed by atoms with Gasteiger partial charge in [-0.25, -0.2) is 0 Å². The minimum absolute atomic E-state index is 0.417. The molecule has 0 fully saturated rings. The Morgan fingerprint density at radius 1 is 1.41 bits per heavy atom. The number of alkyl halides is 4. The molecule has 0 amide bonds. The minimum Gasteiger partial charge on any atom is -0.445 e. The van der Waals surface area contributed by atoms with Crippen LogP contribution >= 0.6 is 0 Å². The van der Waals surface area contributed by atoms with Gasteiger partial charge in [0, 0.05) is 6.07 Å². The Bertz CT molecular complexity index is 433. The Morgan fingerprint density at radius 2 is 2.00 bits per heavy atom. The topological polar surface area (TPSA) is 52.4 Å². The number of benzene rings is 1. The Hall–Kier alpha value is -1.86. The lowest BCUT2D eigenvalue weighted by molar-refractivity contribution is -0.386. The SMILES string of the molecule is Cc1ccc([N+](=O)[O-])c(OC(F)C(F)(F)F)c1. The summed E-state index contributed by atoms with van der Waals surface area (Å²) in [6.45, 7) is 1.48. The van der Waals surface area contributed by atoms with E-state index in [0.717, 1.165) is 12.1 Å². The molecule has 0 heterocycles. The summed E-state index contributed by atoms with van der Waals surface area (Å²) in [4.78, 5) is 9.54. The number of hydrogen-bond acceptors (Lipinski definition) is 3. The third-order valence-corrected chi connectivity index (χ3v) is 1.80. The molecule has 1 aromatic carbocycles. The van der Waals surface area contributed by atoms with E-state index in [4.69, 9.17) is 0 Å². The van der Waals surface area contributed by atoms with E-state index in [1.807, 2.05) is 0 Å². The first-order chi connectivity index (χ1) is 7.71. The lowest BCUT2D eigenvalue weighted by Gasteiger charge is -2.14. The molecule has 1 aromatic rings. The lowest BCUT2D eigenvalue weighted by Crippen LogP contribution is -2.30. The lowest BCUT2D eigenvalue weighted by atomic mass is 10.2. The zero-order valence-corrected chi connectivity index (χ0v) is 8.49. The van der Waals surface area contributed by atoms with Crippen LogP contribution in [-0.2, 0) is 0 Å². The highest BCUT2D eigenvalue weighted by Crippen LogP contribution is 2.32. The largest absolute Gasteiger partial charge is 0.457 e. The smallest absolute Gasteiger partial charge is 0.445 e. The van der Waals surface area contributed by atoms with Gasteiger partial charge in [0.2, 0.25) is 5.75 Å². The highest BCUT2D eigenvalue weighted by Gasteiger charge is 2.43. The molecule has 0 aliphatic carbocycles. The molecule has 17 heavy (non-hydrogen) atoms. The molecular weight excluding hydrogens is 246 g/mol. The third-order valence-electron chi connectivity index (χ3n) is 1.80. The number of nitro groups is 1. The van der Waals surface area contributed by atoms with E-state index in [-0.39, 0.29) is 0 Å². The summed E-state index contributed by atoms with van der Waals surface area (Å²) in [6, 6.07) is 3.23. The molecule has 94 valence electrons. The van der Waals surface area contributed by atoms with Gasteiger partial charge in [-0.1, -0.05) is 6.07 Å². The molecule has 0 bridgehead atoms. The number of nitro benzene ring substituents is 1. The Labute approximate surface area is 93.0 Å². The maximum atomic E-state index is 12.6. The summed E-state index contributed by atoms with van der Waals surface area (Å²) in [7, 11) is 0. The van der Waals surface area contributed by atoms with Crippen LogP contribution in [0.5, 0.6) is 5.75 Å². The van der Waals surface area contributed by atoms with Crippen molar-refractivity contribution in [2.24, 2.45) is 0 Å². The molecule has 0 spiro atoms. The molecule has 1 atom stereocenters. The summed E-state index contributed by atoms with van der Waals surface area (Å²) in [5, 5.41) is 10.5. The van der Waals surface area contributed by atoms with E-state index in [2.05, 4.69) is 4.74 Å². The van der Waals surface area contributed by atoms with Crippen molar-refractivity contribution in [2.45, 2.75) is 19.5 Å². The van der Waals surface area contributed by atoms with Gasteiger partial charge in [0.05, 0.1) is 4.92 Å². The number of rotatable bonds is 3. The van der Waals surface area contributed by atoms with Crippen LogP contribution in [-0.4, -0.2) is 17.5 Å². The first-order valence-electron chi connectivity index (χ1n) is 4.34. The van der Waals surface area contributed by atoms with Gasteiger partial charge in [-0.2, -0.15) is 17.6 Å². The normalized spacial score (nSPS) is 13.2. The molecule has 1 rings (SSSR count). The van der Waals surface area contributed by atoms with Crippen molar-refractivity contribution in [1.82, 2.24) is 0 Å². The fraction of sp³-hybridized carbons (Fsp3) is 0.333. The molecule has 0 N–H and O–H groups in total. The fourth-order valence-electron chi connectivity index (χ4n) is 1.04. The van der Waals surface area contributed by atoms with Crippen molar-refractivity contribution >= 4 is 5.69 Å². The number of halogens is 4. The van der Waals surface area contributed by atoms with Gasteiger partial charge in [0.1, 0.15) is 0 Å². The second-order valence-corrected chi connectivity index (χ2v) is 3.20. The van der Waals surface area contributed by atoms with Crippen LogP contribution in [0, 0.1) is 17.0 Å². The highest BCUT2D eigenvalue weighted by atomic mass is 19.4. The summed E-state index contributed by atoms with van der Waals surface area (Å²) in [6.07, 6.45) is -8.82. The average Bonchev–Trinajstić information content (AvgIpc) is 2.15. The highest BCUT2D eigenvalue weighted by molar-refractivity contribution is 5.48. The molecule has 0 saturated heterocycles. The van der Waals surface area contributed by atoms with E-state index in [0.29, 0.717) is 5.56 Å². The predicted molar refractivity (Wildman–Crippen MR) is 49.4 cm³/mol. The first-order valence-corrected chi connectivity index (χ1v) is 4.34. The van der Waals surface area contributed by atoms with Crippen molar-refractivity contribution in [1.29, 1.82) is 0 Å². The van der Waals surface area contributed by atoms with Crippen LogP contribution in [0.2, 0.25) is 0 Å². The molecule has 0 aliphatic heterocycles. The molecule has 0 saturated carbocycles. The van der Waals surface area contributed by atoms with Crippen LogP contribution in [0.25, 0.3) is 0 Å². The number of aryl methyl sites for hydroxylation is 1. The van der Waals surface area contributed by atoms with Crippen LogP contribution in [0.4, 0.5) is 23.2 Å². The summed E-state index contributed by atoms with van der Waals surface area (Å²) < 4.78 is 52.2. The van der Waals surface area contributed by atoms with E-state index < -0.39 is 28.9 Å². The van der Waals surface area contributed by atoms with Crippen molar-refractivity contribution in [3.8, 4) is 5.75 Å². The Morgan fingerprint density at radius 3 is 2.47 bits per heavy atom. The third kappa shape index (κ3) is 3.30. The molecule has 8 heteroatoms. The Balaban J connectivity index is 3.04. The predicted octanol–water partition coefficient (Wildman–Crippen LogP) is 3.14. The molecule has 4 nitrogen and oxygen atoms in total. The van der Waals surface area contributed by atoms with Crippen LogP contribution in [0.3, 0.4) is 0 Å². The maximum absolute atomic E-state index is 12.6. The van der Waals surface area contributed by atoms with Crippen LogP contribution in [0.1, 0.15) is 5.56 Å². The zero-order valence-electron chi connectivity index (χ0n) is 8.49. The number of nitrogens with zero attached hydrogens (tertiary/aromatic N) is 1. The van der Waals surface area contributed by atoms with Gasteiger partial charge in [0.15, 0.2) is 0 Å². The monoisotopic (exact) mass is 253 g/mol. The second kappa shape index (κ2) is 4.56. The van der Waals surface area contributed by atoms with Gasteiger partial charge in [-0.15, -0.1) is 0 Å². The standard InChI is InChI=1S/C9H7F4NO3/c1-5-2-3-6(14(15)16)7(4-5)17-8(10)9(11,12)13/h2-4,8H,1H3. The number of hydrogen-bond donors (Lipinski definition) is 0. The van der Waals surface area contributed by atoms with Crippen LogP contribution < -0.4 is 4.74 Å². The maximum Gasteiger partial charge on any atom is 0.457 e. The van der Waals surface area contributed by atoms with Gasteiger partial charge in [0.25, 0.3) is 0 Å². The summed E-state index contributed by atoms with van der Waals surface area (Å²) in [5.41, 5.74) is -0.303. The Kier molecular flexibility index (Phi) is 3.54. The zero-order chi connectivity index (χ0) is 13.2. The van der Waals surface area contributed by atoms with E-state index in [1.165, 1.54) is 13.0 Å². The first kappa shape index (κ1) is 13.2. The number of ether oxygens (including phenoxy) is 1. The molecule has 0 aromatic heterocycles. The van der Waals surface area contributed by atoms with Crippen molar-refractivity contribution in [3.05, 3.63) is 33.9 Å². The van der Waals surface area contributed by atoms with Crippen molar-refractivity contribution in [2.75, 3.05) is 0 Å². The van der Waals surface area contributed by atoms with Gasteiger partial charge in [-0.05, 0) is 18.6 Å². The van der Waals surface area contributed by atoms with Gasteiger partial charge in [-0.3, -0.25) is 10.1 Å². The molecule has 0 aliphatic rings. The van der Waals surface area contributed by atoms with Gasteiger partial charge >= 0.3 is 18.2 Å². The van der Waals surface area contributed by atoms with Gasteiger partial charge < -0.3 is 4.74 Å².